The van der Waals surface area contributed by atoms with E-state index in [1.165, 1.54) is 18.2 Å². The molecule has 2 aromatic rings. The van der Waals surface area contributed by atoms with Crippen LogP contribution in [-0.2, 0) is 12.7 Å². The van der Waals surface area contributed by atoms with E-state index in [0.717, 1.165) is 16.9 Å². The van der Waals surface area contributed by atoms with Gasteiger partial charge in [-0.3, -0.25) is 4.68 Å². The second-order valence-electron chi connectivity index (χ2n) is 3.60. The van der Waals surface area contributed by atoms with Gasteiger partial charge in [-0.2, -0.15) is 18.3 Å². The van der Waals surface area contributed by atoms with Gasteiger partial charge in [0.25, 0.3) is 0 Å². The van der Waals surface area contributed by atoms with Crippen LogP contribution in [0.3, 0.4) is 0 Å². The van der Waals surface area contributed by atoms with Crippen molar-refractivity contribution in [3.8, 4) is 0 Å². The minimum absolute atomic E-state index is 0.107. The molecule has 0 saturated heterocycles. The summed E-state index contributed by atoms with van der Waals surface area (Å²) in [4.78, 5) is 0. The van der Waals surface area contributed by atoms with Crippen molar-refractivity contribution >= 4 is 11.6 Å². The first-order chi connectivity index (χ1) is 8.38. The summed E-state index contributed by atoms with van der Waals surface area (Å²) in [5.41, 5.74) is -0.911. The first-order valence-electron chi connectivity index (χ1n) is 4.91. The molecule has 1 aromatic carbocycles. The van der Waals surface area contributed by atoms with Crippen LogP contribution in [0, 0.1) is 5.82 Å². The number of nitrogens with zero attached hydrogens (tertiary/aromatic N) is 2. The molecular weight excluding hydrogens is 272 g/mol. The van der Waals surface area contributed by atoms with Crippen molar-refractivity contribution in [3.63, 3.8) is 0 Å². The minimum atomic E-state index is -4.51. The maximum Gasteiger partial charge on any atom is 0.435 e. The van der Waals surface area contributed by atoms with Crippen LogP contribution in [0.4, 0.5) is 17.6 Å². The van der Waals surface area contributed by atoms with Gasteiger partial charge in [-0.15, -0.1) is 0 Å². The Morgan fingerprint density at radius 1 is 1.22 bits per heavy atom. The lowest BCUT2D eigenvalue weighted by molar-refractivity contribution is -0.141. The summed E-state index contributed by atoms with van der Waals surface area (Å²) in [5, 5.41) is 3.48. The lowest BCUT2D eigenvalue weighted by atomic mass is 10.2. The van der Waals surface area contributed by atoms with E-state index in [-0.39, 0.29) is 17.1 Å². The van der Waals surface area contributed by atoms with Crippen molar-refractivity contribution in [1.29, 1.82) is 0 Å². The Hall–Kier alpha value is -1.56. The first kappa shape index (κ1) is 12.9. The van der Waals surface area contributed by atoms with Gasteiger partial charge in [-0.05, 0) is 18.2 Å². The zero-order chi connectivity index (χ0) is 13.3. The smallest absolute Gasteiger partial charge is 0.268 e. The summed E-state index contributed by atoms with van der Waals surface area (Å²) >= 11 is 5.77. The Labute approximate surface area is 105 Å². The zero-order valence-electron chi connectivity index (χ0n) is 8.88. The third-order valence-electron chi connectivity index (χ3n) is 2.31. The van der Waals surface area contributed by atoms with Crippen molar-refractivity contribution in [3.05, 3.63) is 52.6 Å². The molecule has 0 atom stereocenters. The predicted molar refractivity (Wildman–Crippen MR) is 57.7 cm³/mol. The summed E-state index contributed by atoms with van der Waals surface area (Å²) in [6, 6.07) is 4.91. The third-order valence-corrected chi connectivity index (χ3v) is 2.67. The first-order valence-corrected chi connectivity index (χ1v) is 5.29. The lowest BCUT2D eigenvalue weighted by Crippen LogP contribution is -2.09. The SMILES string of the molecule is Fc1cccc(Cl)c1Cn1ccc(C(F)(F)F)n1. The van der Waals surface area contributed by atoms with Crippen molar-refractivity contribution < 1.29 is 17.6 Å². The Morgan fingerprint density at radius 2 is 1.94 bits per heavy atom. The molecule has 0 radical (unpaired) electrons. The molecule has 0 N–H and O–H groups in total. The van der Waals surface area contributed by atoms with Crippen molar-refractivity contribution in [2.75, 3.05) is 0 Å². The number of halogens is 5. The molecule has 2 rings (SSSR count). The summed E-state index contributed by atoms with van der Waals surface area (Å²) < 4.78 is 51.4. The van der Waals surface area contributed by atoms with E-state index in [1.807, 2.05) is 0 Å². The molecule has 2 nitrogen and oxygen atoms in total. The largest absolute Gasteiger partial charge is 0.435 e. The number of hydrogen-bond donors (Lipinski definition) is 0. The van der Waals surface area contributed by atoms with E-state index in [1.54, 1.807) is 0 Å². The van der Waals surface area contributed by atoms with Gasteiger partial charge in [-0.25, -0.2) is 4.39 Å². The fourth-order valence-corrected chi connectivity index (χ4v) is 1.67. The Bertz CT molecular complexity index is 542. The highest BCUT2D eigenvalue weighted by atomic mass is 35.5. The molecule has 1 heterocycles. The molecule has 0 spiro atoms. The highest BCUT2D eigenvalue weighted by Crippen LogP contribution is 2.27. The van der Waals surface area contributed by atoms with Gasteiger partial charge >= 0.3 is 6.18 Å². The summed E-state index contributed by atoms with van der Waals surface area (Å²) in [6.07, 6.45) is -3.38. The van der Waals surface area contributed by atoms with Gasteiger partial charge < -0.3 is 0 Å². The fourth-order valence-electron chi connectivity index (χ4n) is 1.45. The van der Waals surface area contributed by atoms with Gasteiger partial charge in [0.1, 0.15) is 5.82 Å². The topological polar surface area (TPSA) is 17.8 Å². The van der Waals surface area contributed by atoms with Crippen molar-refractivity contribution in [2.45, 2.75) is 12.7 Å². The van der Waals surface area contributed by atoms with Crippen LogP contribution >= 0.6 is 11.6 Å². The molecule has 18 heavy (non-hydrogen) atoms. The van der Waals surface area contributed by atoms with Crippen LogP contribution in [0.1, 0.15) is 11.3 Å². The summed E-state index contributed by atoms with van der Waals surface area (Å²) in [6.45, 7) is -0.151. The van der Waals surface area contributed by atoms with Gasteiger partial charge in [0.15, 0.2) is 5.69 Å². The molecule has 0 aliphatic rings. The van der Waals surface area contributed by atoms with Crippen LogP contribution in [0.15, 0.2) is 30.5 Å². The molecule has 7 heteroatoms. The fraction of sp³-hybridized carbons (Fsp3) is 0.182. The predicted octanol–water partition coefficient (Wildman–Crippen LogP) is 3.74. The van der Waals surface area contributed by atoms with E-state index in [0.29, 0.717) is 0 Å². The highest BCUT2D eigenvalue weighted by Gasteiger charge is 2.33. The van der Waals surface area contributed by atoms with E-state index >= 15 is 0 Å². The van der Waals surface area contributed by atoms with E-state index < -0.39 is 17.7 Å². The van der Waals surface area contributed by atoms with Crippen LogP contribution in [0.25, 0.3) is 0 Å². The normalized spacial score (nSPS) is 11.8. The summed E-state index contributed by atoms with van der Waals surface area (Å²) in [5.74, 6) is -0.577. The number of rotatable bonds is 2. The van der Waals surface area contributed by atoms with E-state index in [4.69, 9.17) is 11.6 Å². The number of aromatic nitrogens is 2. The standard InChI is InChI=1S/C11H7ClF4N2/c12-8-2-1-3-9(13)7(8)6-18-5-4-10(17-18)11(14,15)16/h1-5H,6H2. The van der Waals surface area contributed by atoms with Gasteiger partial charge in [0, 0.05) is 16.8 Å². The van der Waals surface area contributed by atoms with Crippen LogP contribution in [0.5, 0.6) is 0 Å². The molecular formula is C11H7ClF4N2. The van der Waals surface area contributed by atoms with Crippen molar-refractivity contribution in [1.82, 2.24) is 9.78 Å². The second-order valence-corrected chi connectivity index (χ2v) is 4.00. The van der Waals surface area contributed by atoms with Crippen LogP contribution in [-0.4, -0.2) is 9.78 Å². The number of alkyl halides is 3. The molecule has 0 unspecified atom stereocenters. The van der Waals surface area contributed by atoms with Crippen LogP contribution in [0.2, 0.25) is 5.02 Å². The Kier molecular flexibility index (Phi) is 3.30. The van der Waals surface area contributed by atoms with E-state index in [9.17, 15) is 17.6 Å². The van der Waals surface area contributed by atoms with Crippen LogP contribution < -0.4 is 0 Å². The quantitative estimate of drug-likeness (QED) is 0.765. The number of hydrogen-bond acceptors (Lipinski definition) is 1. The Morgan fingerprint density at radius 3 is 2.50 bits per heavy atom. The molecule has 0 fully saturated rings. The second kappa shape index (κ2) is 4.61. The van der Waals surface area contributed by atoms with Crippen molar-refractivity contribution in [2.24, 2.45) is 0 Å². The molecule has 0 aliphatic carbocycles. The lowest BCUT2D eigenvalue weighted by Gasteiger charge is -2.06. The molecule has 0 bridgehead atoms. The average molecular weight is 279 g/mol. The molecule has 0 saturated carbocycles. The van der Waals surface area contributed by atoms with Gasteiger partial charge in [-0.1, -0.05) is 17.7 Å². The zero-order valence-corrected chi connectivity index (χ0v) is 9.63. The highest BCUT2D eigenvalue weighted by molar-refractivity contribution is 6.31. The number of benzene rings is 1. The molecule has 0 amide bonds. The minimum Gasteiger partial charge on any atom is -0.268 e. The van der Waals surface area contributed by atoms with E-state index in [2.05, 4.69) is 5.10 Å². The monoisotopic (exact) mass is 278 g/mol. The maximum atomic E-state index is 13.4. The molecule has 96 valence electrons. The van der Waals surface area contributed by atoms with Gasteiger partial charge in [0.2, 0.25) is 0 Å². The maximum absolute atomic E-state index is 13.4. The average Bonchev–Trinajstić information content (AvgIpc) is 2.72. The molecule has 0 aliphatic heterocycles. The summed E-state index contributed by atoms with van der Waals surface area (Å²) in [7, 11) is 0. The third kappa shape index (κ3) is 2.64. The molecule has 1 aromatic heterocycles. The van der Waals surface area contributed by atoms with Gasteiger partial charge in [0.05, 0.1) is 6.54 Å². The Balaban J connectivity index is 2.27.